The van der Waals surface area contributed by atoms with E-state index in [9.17, 15) is 4.79 Å². The fourth-order valence-corrected chi connectivity index (χ4v) is 4.59. The fraction of sp³-hybridized carbons (Fsp3) is 0.462. The number of hydrogen-bond acceptors (Lipinski definition) is 4. The van der Waals surface area contributed by atoms with Crippen molar-refractivity contribution in [3.63, 3.8) is 0 Å². The molecule has 0 saturated carbocycles. The van der Waals surface area contributed by atoms with Crippen LogP contribution in [0, 0.1) is 0 Å². The summed E-state index contributed by atoms with van der Waals surface area (Å²) in [6.45, 7) is 0.673. The number of methoxy groups -OCH3 is 1. The zero-order valence-corrected chi connectivity index (χ0v) is 13.5. The Kier molecular flexibility index (Phi) is 6.19. The van der Waals surface area contributed by atoms with Crippen molar-refractivity contribution in [2.45, 2.75) is 5.25 Å². The summed E-state index contributed by atoms with van der Waals surface area (Å²) in [4.78, 5) is 11.9. The Balaban J connectivity index is 1.86. The summed E-state index contributed by atoms with van der Waals surface area (Å²) in [7, 11) is 1.56. The van der Waals surface area contributed by atoms with E-state index >= 15 is 0 Å². The summed E-state index contributed by atoms with van der Waals surface area (Å²) in [6, 6.07) is 4.89. The number of anilines is 1. The highest BCUT2D eigenvalue weighted by Gasteiger charge is 2.15. The van der Waals surface area contributed by atoms with Crippen molar-refractivity contribution in [3.05, 3.63) is 23.2 Å². The topological polar surface area (TPSA) is 50.4 Å². The summed E-state index contributed by atoms with van der Waals surface area (Å²) in [6.07, 6.45) is 0. The summed E-state index contributed by atoms with van der Waals surface area (Å²) in [5.41, 5.74) is 0.572. The van der Waals surface area contributed by atoms with Gasteiger partial charge in [0, 0.05) is 34.1 Å². The minimum atomic E-state index is -0.234. The van der Waals surface area contributed by atoms with E-state index in [2.05, 4.69) is 10.6 Å². The largest absolute Gasteiger partial charge is 0.495 e. The number of urea groups is 1. The first-order valence-electron chi connectivity index (χ1n) is 6.27. The van der Waals surface area contributed by atoms with Gasteiger partial charge < -0.3 is 15.4 Å². The standard InChI is InChI=1S/C13H17ClN2O2S2/c1-18-12-3-2-9(14)6-11(12)16-13(17)15-7-10-8-19-4-5-20-10/h2-3,6,10H,4-5,7-8H2,1H3,(H2,15,16,17). The molecule has 110 valence electrons. The van der Waals surface area contributed by atoms with Crippen LogP contribution in [0.4, 0.5) is 10.5 Å². The third kappa shape index (κ3) is 4.68. The van der Waals surface area contributed by atoms with Crippen LogP contribution in [0.1, 0.15) is 0 Å². The Labute approximate surface area is 132 Å². The van der Waals surface area contributed by atoms with Crippen molar-refractivity contribution in [2.75, 3.05) is 36.2 Å². The molecule has 20 heavy (non-hydrogen) atoms. The molecule has 7 heteroatoms. The molecule has 1 aliphatic heterocycles. The van der Waals surface area contributed by atoms with E-state index < -0.39 is 0 Å². The van der Waals surface area contributed by atoms with Crippen molar-refractivity contribution >= 4 is 46.8 Å². The number of carbonyl (C=O) groups is 1. The Bertz CT molecular complexity index is 468. The van der Waals surface area contributed by atoms with Crippen molar-refractivity contribution in [3.8, 4) is 5.75 Å². The first kappa shape index (κ1) is 15.7. The number of halogens is 1. The number of benzene rings is 1. The van der Waals surface area contributed by atoms with Crippen molar-refractivity contribution in [1.29, 1.82) is 0 Å². The number of rotatable bonds is 4. The molecule has 1 aromatic carbocycles. The zero-order valence-electron chi connectivity index (χ0n) is 11.1. The predicted molar refractivity (Wildman–Crippen MR) is 88.6 cm³/mol. The number of nitrogens with one attached hydrogen (secondary N) is 2. The second-order valence-electron chi connectivity index (χ2n) is 4.25. The van der Waals surface area contributed by atoms with Crippen LogP contribution in [0.5, 0.6) is 5.75 Å². The quantitative estimate of drug-likeness (QED) is 0.888. The molecular formula is C13H17ClN2O2S2. The van der Waals surface area contributed by atoms with E-state index in [0.717, 1.165) is 11.5 Å². The molecule has 1 atom stereocenters. The molecule has 1 heterocycles. The lowest BCUT2D eigenvalue weighted by atomic mass is 10.3. The summed E-state index contributed by atoms with van der Waals surface area (Å²) in [5, 5.41) is 6.70. The minimum absolute atomic E-state index is 0.234. The molecule has 1 unspecified atom stereocenters. The monoisotopic (exact) mass is 332 g/mol. The van der Waals surface area contributed by atoms with Crippen LogP contribution in [0.2, 0.25) is 5.02 Å². The molecule has 1 aliphatic rings. The zero-order chi connectivity index (χ0) is 14.4. The van der Waals surface area contributed by atoms with E-state index in [1.165, 1.54) is 5.75 Å². The van der Waals surface area contributed by atoms with Crippen molar-refractivity contribution < 1.29 is 9.53 Å². The van der Waals surface area contributed by atoms with Crippen LogP contribution in [-0.4, -0.2) is 42.2 Å². The van der Waals surface area contributed by atoms with Gasteiger partial charge >= 0.3 is 6.03 Å². The number of ether oxygens (including phenoxy) is 1. The van der Waals surface area contributed by atoms with Crippen LogP contribution in [0.3, 0.4) is 0 Å². The number of carbonyl (C=O) groups excluding carboxylic acids is 1. The molecule has 2 amide bonds. The Morgan fingerprint density at radius 2 is 2.35 bits per heavy atom. The van der Waals surface area contributed by atoms with E-state index in [1.807, 2.05) is 23.5 Å². The average Bonchev–Trinajstić information content (AvgIpc) is 2.46. The molecule has 0 radical (unpaired) electrons. The van der Waals surface area contributed by atoms with Crippen LogP contribution in [-0.2, 0) is 0 Å². The van der Waals surface area contributed by atoms with Gasteiger partial charge in [-0.15, -0.1) is 0 Å². The molecule has 0 aliphatic carbocycles. The van der Waals surface area contributed by atoms with Gasteiger partial charge in [-0.25, -0.2) is 4.79 Å². The highest BCUT2D eigenvalue weighted by Crippen LogP contribution is 2.27. The lowest BCUT2D eigenvalue weighted by Gasteiger charge is -2.21. The Hall–Kier alpha value is -0.720. The maximum atomic E-state index is 11.9. The van der Waals surface area contributed by atoms with Crippen LogP contribution in [0.15, 0.2) is 18.2 Å². The molecule has 2 rings (SSSR count). The number of thioether (sulfide) groups is 2. The number of amides is 2. The first-order valence-corrected chi connectivity index (χ1v) is 8.85. The molecule has 1 aromatic rings. The molecule has 1 saturated heterocycles. The highest BCUT2D eigenvalue weighted by atomic mass is 35.5. The second kappa shape index (κ2) is 7.90. The van der Waals surface area contributed by atoms with Gasteiger partial charge in [-0.05, 0) is 18.2 Å². The van der Waals surface area contributed by atoms with E-state index in [1.54, 1.807) is 25.3 Å². The first-order chi connectivity index (χ1) is 9.69. The van der Waals surface area contributed by atoms with Crippen molar-refractivity contribution in [1.82, 2.24) is 5.32 Å². The van der Waals surface area contributed by atoms with Gasteiger partial charge in [-0.1, -0.05) is 11.6 Å². The summed E-state index contributed by atoms with van der Waals surface area (Å²) < 4.78 is 5.19. The summed E-state index contributed by atoms with van der Waals surface area (Å²) >= 11 is 9.77. The number of hydrogen-bond donors (Lipinski definition) is 2. The molecule has 0 bridgehead atoms. The smallest absolute Gasteiger partial charge is 0.319 e. The maximum absolute atomic E-state index is 11.9. The molecule has 0 aromatic heterocycles. The third-order valence-electron chi connectivity index (χ3n) is 2.78. The fourth-order valence-electron chi connectivity index (χ4n) is 1.81. The van der Waals surface area contributed by atoms with Crippen molar-refractivity contribution in [2.24, 2.45) is 0 Å². The van der Waals surface area contributed by atoms with Gasteiger partial charge in [-0.3, -0.25) is 0 Å². The predicted octanol–water partition coefficient (Wildman–Crippen LogP) is 3.32. The second-order valence-corrected chi connectivity index (χ2v) is 7.24. The van der Waals surface area contributed by atoms with Crippen LogP contribution in [0.25, 0.3) is 0 Å². The molecular weight excluding hydrogens is 316 g/mol. The SMILES string of the molecule is COc1ccc(Cl)cc1NC(=O)NCC1CSCCS1. The lowest BCUT2D eigenvalue weighted by molar-refractivity contribution is 0.252. The van der Waals surface area contributed by atoms with Gasteiger partial charge in [-0.2, -0.15) is 23.5 Å². The third-order valence-corrected chi connectivity index (χ3v) is 5.86. The van der Waals surface area contributed by atoms with Crippen LogP contribution < -0.4 is 15.4 Å². The highest BCUT2D eigenvalue weighted by molar-refractivity contribution is 8.06. The van der Waals surface area contributed by atoms with Gasteiger partial charge in [0.05, 0.1) is 12.8 Å². The van der Waals surface area contributed by atoms with Gasteiger partial charge in [0.2, 0.25) is 0 Å². The minimum Gasteiger partial charge on any atom is -0.495 e. The van der Waals surface area contributed by atoms with Gasteiger partial charge in [0.25, 0.3) is 0 Å². The molecule has 4 nitrogen and oxygen atoms in total. The normalized spacial score (nSPS) is 18.4. The Morgan fingerprint density at radius 3 is 3.05 bits per heavy atom. The summed E-state index contributed by atoms with van der Waals surface area (Å²) in [5.74, 6) is 4.03. The average molecular weight is 333 g/mol. The lowest BCUT2D eigenvalue weighted by Crippen LogP contribution is -2.36. The van der Waals surface area contributed by atoms with Crippen LogP contribution >= 0.6 is 35.1 Å². The van der Waals surface area contributed by atoms with E-state index in [4.69, 9.17) is 16.3 Å². The van der Waals surface area contributed by atoms with Gasteiger partial charge in [0.1, 0.15) is 5.75 Å². The molecule has 2 N–H and O–H groups in total. The molecule has 1 fully saturated rings. The maximum Gasteiger partial charge on any atom is 0.319 e. The Morgan fingerprint density at radius 1 is 1.50 bits per heavy atom. The van der Waals surface area contributed by atoms with Gasteiger partial charge in [0.15, 0.2) is 0 Å². The molecule has 0 spiro atoms. The van der Waals surface area contributed by atoms with E-state index in [-0.39, 0.29) is 6.03 Å². The van der Waals surface area contributed by atoms with E-state index in [0.29, 0.717) is 28.3 Å².